The fraction of sp³-hybridized carbons (Fsp3) is 0.414. The van der Waals surface area contributed by atoms with Gasteiger partial charge in [0.05, 0.1) is 24.1 Å². The second-order valence-corrected chi connectivity index (χ2v) is 10.3. The minimum atomic E-state index is -0.316. The molecule has 38 heavy (non-hydrogen) atoms. The number of carbonyl (C=O) groups is 1. The summed E-state index contributed by atoms with van der Waals surface area (Å²) in [7, 11) is 1.74. The molecule has 0 aliphatic carbocycles. The highest BCUT2D eigenvalue weighted by atomic mass is 32.1. The van der Waals surface area contributed by atoms with E-state index in [1.165, 1.54) is 18.5 Å². The summed E-state index contributed by atoms with van der Waals surface area (Å²) in [5, 5.41) is 5.70. The first-order valence-electron chi connectivity index (χ1n) is 13.3. The zero-order chi connectivity index (χ0) is 26.3. The van der Waals surface area contributed by atoms with Crippen molar-refractivity contribution in [2.45, 2.75) is 45.3 Å². The number of hydrogen-bond acceptors (Lipinski definition) is 8. The molecule has 0 bridgehead atoms. The first-order chi connectivity index (χ1) is 18.7. The van der Waals surface area contributed by atoms with E-state index in [0.29, 0.717) is 12.2 Å². The van der Waals surface area contributed by atoms with Crippen LogP contribution in [0.4, 0.5) is 5.69 Å². The first kappa shape index (κ1) is 26.3. The lowest BCUT2D eigenvalue weighted by molar-refractivity contribution is 0.0299. The van der Waals surface area contributed by atoms with E-state index in [1.54, 1.807) is 37.5 Å². The molecule has 1 aliphatic heterocycles. The lowest BCUT2D eigenvalue weighted by Crippen LogP contribution is -2.41. The molecule has 0 radical (unpaired) electrons. The minimum absolute atomic E-state index is 0.130. The van der Waals surface area contributed by atoms with Gasteiger partial charge in [-0.3, -0.25) is 0 Å². The summed E-state index contributed by atoms with van der Waals surface area (Å²) in [4.78, 5) is 19.9. The van der Waals surface area contributed by atoms with Crippen LogP contribution in [0.3, 0.4) is 0 Å². The first-order valence-corrected chi connectivity index (χ1v) is 14.1. The molecule has 8 nitrogen and oxygen atoms in total. The molecule has 200 valence electrons. The van der Waals surface area contributed by atoms with Gasteiger partial charge in [-0.2, -0.15) is 5.10 Å². The van der Waals surface area contributed by atoms with E-state index in [0.717, 1.165) is 65.8 Å². The maximum Gasteiger partial charge on any atom is 0.338 e. The highest BCUT2D eigenvalue weighted by molar-refractivity contribution is 7.19. The number of ether oxygens (including phenoxy) is 3. The maximum absolute atomic E-state index is 11.9. The van der Waals surface area contributed by atoms with Gasteiger partial charge < -0.3 is 19.1 Å². The monoisotopic (exact) mass is 534 g/mol. The van der Waals surface area contributed by atoms with Crippen molar-refractivity contribution in [3.63, 3.8) is 0 Å². The summed E-state index contributed by atoms with van der Waals surface area (Å²) in [6.45, 7) is 4.71. The van der Waals surface area contributed by atoms with E-state index in [9.17, 15) is 4.79 Å². The predicted octanol–water partition coefficient (Wildman–Crippen LogP) is 6.06. The normalized spacial score (nSPS) is 15.7. The molecule has 1 aliphatic rings. The highest BCUT2D eigenvalue weighted by Gasteiger charge is 2.23. The highest BCUT2D eigenvalue weighted by Crippen LogP contribution is 2.31. The van der Waals surface area contributed by atoms with E-state index in [1.807, 2.05) is 22.8 Å². The number of nitrogens with zero attached hydrogens (tertiary/aromatic N) is 4. The molecule has 0 N–H and O–H groups in total. The predicted molar refractivity (Wildman–Crippen MR) is 150 cm³/mol. The van der Waals surface area contributed by atoms with E-state index in [-0.39, 0.29) is 12.2 Å². The molecule has 2 aromatic heterocycles. The van der Waals surface area contributed by atoms with Crippen molar-refractivity contribution in [3.8, 4) is 21.8 Å². The van der Waals surface area contributed by atoms with Crippen molar-refractivity contribution < 1.29 is 19.0 Å². The Bertz CT molecular complexity index is 1300. The van der Waals surface area contributed by atoms with Gasteiger partial charge in [0.15, 0.2) is 0 Å². The minimum Gasteiger partial charge on any atom is -0.462 e. The maximum atomic E-state index is 11.9. The van der Waals surface area contributed by atoms with Crippen molar-refractivity contribution in [1.82, 2.24) is 14.6 Å². The third-order valence-electron chi connectivity index (χ3n) is 6.68. The number of carbonyl (C=O) groups excluding carboxylic acids is 1. The second-order valence-electron chi connectivity index (χ2n) is 9.32. The largest absolute Gasteiger partial charge is 0.462 e. The molecule has 4 aromatic rings. The van der Waals surface area contributed by atoms with Gasteiger partial charge in [-0.1, -0.05) is 23.5 Å². The summed E-state index contributed by atoms with van der Waals surface area (Å²) >= 11 is 1.56. The van der Waals surface area contributed by atoms with Gasteiger partial charge in [0.1, 0.15) is 11.2 Å². The van der Waals surface area contributed by atoms with Crippen LogP contribution in [0.5, 0.6) is 0 Å². The zero-order valence-corrected chi connectivity index (χ0v) is 22.8. The van der Waals surface area contributed by atoms with Crippen LogP contribution in [0.15, 0.2) is 54.7 Å². The number of imidazole rings is 1. The van der Waals surface area contributed by atoms with Crippen LogP contribution in [0.1, 0.15) is 49.4 Å². The van der Waals surface area contributed by atoms with E-state index in [2.05, 4.69) is 29.2 Å². The second kappa shape index (κ2) is 12.5. The molecule has 0 saturated carbocycles. The Morgan fingerprint density at radius 3 is 2.53 bits per heavy atom. The topological polar surface area (TPSA) is 78.2 Å². The van der Waals surface area contributed by atoms with Gasteiger partial charge in [0.2, 0.25) is 4.96 Å². The molecule has 5 rings (SSSR count). The fourth-order valence-corrected chi connectivity index (χ4v) is 5.57. The van der Waals surface area contributed by atoms with Gasteiger partial charge in [0, 0.05) is 43.7 Å². The van der Waals surface area contributed by atoms with Gasteiger partial charge in [-0.25, -0.2) is 14.3 Å². The summed E-state index contributed by atoms with van der Waals surface area (Å²) in [6.07, 6.45) is 7.54. The molecule has 1 fully saturated rings. The van der Waals surface area contributed by atoms with Crippen LogP contribution in [-0.4, -0.2) is 60.3 Å². The lowest BCUT2D eigenvalue weighted by Gasteiger charge is -2.37. The van der Waals surface area contributed by atoms with Crippen molar-refractivity contribution in [3.05, 3.63) is 60.3 Å². The van der Waals surface area contributed by atoms with Crippen molar-refractivity contribution >= 4 is 28.0 Å². The summed E-state index contributed by atoms with van der Waals surface area (Å²) in [5.41, 5.74) is 4.53. The Kier molecular flexibility index (Phi) is 8.68. The SMILES string of the molecule is CCOC(=O)c1ccc(-c2cn3nc(-c4ccc(N5CCCCC5OCCCCOC)cc4)sc3n2)cc1. The van der Waals surface area contributed by atoms with Crippen LogP contribution in [0, 0.1) is 0 Å². The van der Waals surface area contributed by atoms with Crippen molar-refractivity contribution in [1.29, 1.82) is 0 Å². The molecule has 1 unspecified atom stereocenters. The zero-order valence-electron chi connectivity index (χ0n) is 22.0. The number of esters is 1. The average molecular weight is 535 g/mol. The molecule has 0 amide bonds. The van der Waals surface area contributed by atoms with Crippen molar-refractivity contribution in [2.75, 3.05) is 38.4 Å². The number of unbranched alkanes of at least 4 members (excludes halogenated alkanes) is 1. The summed E-state index contributed by atoms with van der Waals surface area (Å²) < 4.78 is 18.3. The average Bonchev–Trinajstić information content (AvgIpc) is 3.54. The van der Waals surface area contributed by atoms with Crippen LogP contribution in [0.2, 0.25) is 0 Å². The van der Waals surface area contributed by atoms with Crippen LogP contribution in [0.25, 0.3) is 26.8 Å². The van der Waals surface area contributed by atoms with Gasteiger partial charge in [-0.05, 0) is 75.4 Å². The van der Waals surface area contributed by atoms with Gasteiger partial charge in [-0.15, -0.1) is 0 Å². The van der Waals surface area contributed by atoms with Gasteiger partial charge in [0.25, 0.3) is 0 Å². The number of fused-ring (bicyclic) bond motifs is 1. The van der Waals surface area contributed by atoms with Crippen molar-refractivity contribution in [2.24, 2.45) is 0 Å². The van der Waals surface area contributed by atoms with E-state index < -0.39 is 0 Å². The molecule has 1 saturated heterocycles. The third kappa shape index (κ3) is 6.06. The number of methoxy groups -OCH3 is 1. The van der Waals surface area contributed by atoms with E-state index >= 15 is 0 Å². The third-order valence-corrected chi connectivity index (χ3v) is 7.65. The molecule has 3 heterocycles. The lowest BCUT2D eigenvalue weighted by atomic mass is 10.1. The number of aromatic nitrogens is 3. The number of benzene rings is 2. The van der Waals surface area contributed by atoms with Crippen LogP contribution in [-0.2, 0) is 14.2 Å². The van der Waals surface area contributed by atoms with E-state index in [4.69, 9.17) is 24.3 Å². The molecule has 9 heteroatoms. The number of hydrogen-bond donors (Lipinski definition) is 0. The Balaban J connectivity index is 1.25. The standard InChI is InChI=1S/C29H34N4O4S/c1-3-36-28(34)23-11-9-21(10-12-23)25-20-33-29(30-25)38-27(31-33)22-13-15-24(16-14-22)32-17-5-4-8-26(32)37-19-7-6-18-35-2/h9-16,20,26H,3-8,17-19H2,1-2H3. The quantitative estimate of drug-likeness (QED) is 0.171. The molecule has 2 aromatic carbocycles. The van der Waals surface area contributed by atoms with Crippen LogP contribution >= 0.6 is 11.3 Å². The molecular weight excluding hydrogens is 500 g/mol. The Morgan fingerprint density at radius 2 is 1.79 bits per heavy atom. The molecular formula is C29H34N4O4S. The molecule has 0 spiro atoms. The smallest absolute Gasteiger partial charge is 0.338 e. The van der Waals surface area contributed by atoms with Crippen LogP contribution < -0.4 is 4.90 Å². The fourth-order valence-electron chi connectivity index (χ4n) is 4.68. The van der Waals surface area contributed by atoms with Gasteiger partial charge >= 0.3 is 5.97 Å². The number of anilines is 1. The summed E-state index contributed by atoms with van der Waals surface area (Å²) in [5.74, 6) is -0.316. The summed E-state index contributed by atoms with van der Waals surface area (Å²) in [6, 6.07) is 15.9. The Morgan fingerprint density at radius 1 is 1.03 bits per heavy atom. The Hall–Kier alpha value is -3.27. The number of rotatable bonds is 11. The Labute approximate surface area is 227 Å². The number of piperidine rings is 1. The molecule has 1 atom stereocenters.